The van der Waals surface area contributed by atoms with Gasteiger partial charge >= 0.3 is 0 Å². The van der Waals surface area contributed by atoms with Crippen LogP contribution in [0.15, 0.2) is 28.9 Å². The van der Waals surface area contributed by atoms with Crippen molar-refractivity contribution in [3.8, 4) is 5.75 Å². The highest BCUT2D eigenvalue weighted by atomic mass is 35.5. The normalized spacial score (nSPS) is 10.6. The minimum absolute atomic E-state index is 0.154. The Kier molecular flexibility index (Phi) is 1.29. The van der Waals surface area contributed by atoms with Crippen molar-refractivity contribution in [2.75, 3.05) is 0 Å². The van der Waals surface area contributed by atoms with Crippen molar-refractivity contribution in [1.29, 1.82) is 0 Å². The first-order valence-electron chi connectivity index (χ1n) is 3.14. The van der Waals surface area contributed by atoms with Crippen LogP contribution in [0.1, 0.15) is 0 Å². The van der Waals surface area contributed by atoms with Crippen LogP contribution in [0.5, 0.6) is 5.75 Å². The molecule has 0 radical (unpaired) electrons. The summed E-state index contributed by atoms with van der Waals surface area (Å²) in [7, 11) is 0. The molecule has 0 saturated carbocycles. The molecule has 0 amide bonds. The number of phenols is 1. The van der Waals surface area contributed by atoms with Crippen LogP contribution < -0.4 is 0 Å². The molecule has 2 nitrogen and oxygen atoms in total. The smallest absolute Gasteiger partial charge is 0.139 e. The number of hydrogen-bond donors (Lipinski definition) is 1. The largest absolute Gasteiger partial charge is 0.507 e. The van der Waals surface area contributed by atoms with Crippen LogP contribution in [0, 0.1) is 0 Å². The van der Waals surface area contributed by atoms with Gasteiger partial charge in [-0.3, -0.25) is 0 Å². The second-order valence-electron chi connectivity index (χ2n) is 2.23. The van der Waals surface area contributed by atoms with Crippen LogP contribution in [-0.2, 0) is 0 Å². The zero-order valence-corrected chi connectivity index (χ0v) is 6.30. The Labute approximate surface area is 68.0 Å². The molecule has 1 aromatic heterocycles. The van der Waals surface area contributed by atoms with Crippen LogP contribution in [0.3, 0.4) is 0 Å². The molecular weight excluding hydrogens is 164 g/mol. The second-order valence-corrected chi connectivity index (χ2v) is 2.64. The Balaban J connectivity index is 2.96. The highest BCUT2D eigenvalue weighted by Gasteiger charge is 2.06. The molecule has 1 N–H and O–H groups in total. The summed E-state index contributed by atoms with van der Waals surface area (Å²) < 4.78 is 5.04. The van der Waals surface area contributed by atoms with E-state index < -0.39 is 0 Å². The Bertz CT molecular complexity index is 392. The number of benzene rings is 1. The van der Waals surface area contributed by atoms with Crippen molar-refractivity contribution in [1.82, 2.24) is 0 Å². The average molecular weight is 169 g/mol. The highest BCUT2D eigenvalue weighted by molar-refractivity contribution is 6.35. The minimum Gasteiger partial charge on any atom is -0.507 e. The summed E-state index contributed by atoms with van der Waals surface area (Å²) >= 11 is 5.72. The van der Waals surface area contributed by atoms with Crippen molar-refractivity contribution in [2.24, 2.45) is 0 Å². The molecule has 11 heavy (non-hydrogen) atoms. The van der Waals surface area contributed by atoms with Crippen molar-refractivity contribution in [2.45, 2.75) is 0 Å². The molecule has 0 spiro atoms. The first-order chi connectivity index (χ1) is 5.29. The van der Waals surface area contributed by atoms with Crippen molar-refractivity contribution in [3.05, 3.63) is 29.5 Å². The fraction of sp³-hybridized carbons (Fsp3) is 0. The Morgan fingerprint density at radius 2 is 2.18 bits per heavy atom. The van der Waals surface area contributed by atoms with Crippen LogP contribution in [-0.4, -0.2) is 5.11 Å². The average Bonchev–Trinajstić information content (AvgIpc) is 2.34. The molecule has 1 aromatic carbocycles. The van der Waals surface area contributed by atoms with Crippen LogP contribution in [0.2, 0.25) is 5.02 Å². The third kappa shape index (κ3) is 0.870. The molecule has 0 bridgehead atoms. The number of rotatable bonds is 0. The third-order valence-electron chi connectivity index (χ3n) is 1.53. The van der Waals surface area contributed by atoms with Gasteiger partial charge < -0.3 is 9.52 Å². The first kappa shape index (κ1) is 6.55. The summed E-state index contributed by atoms with van der Waals surface area (Å²) in [5, 5.41) is 10.3. The maximum atomic E-state index is 9.30. The maximum absolute atomic E-state index is 9.30. The zero-order valence-electron chi connectivity index (χ0n) is 5.54. The van der Waals surface area contributed by atoms with E-state index in [9.17, 15) is 5.11 Å². The van der Waals surface area contributed by atoms with Gasteiger partial charge in [0.05, 0.1) is 10.4 Å². The van der Waals surface area contributed by atoms with E-state index in [1.807, 2.05) is 0 Å². The Hall–Kier alpha value is -1.15. The van der Waals surface area contributed by atoms with Gasteiger partial charge in [-0.15, -0.1) is 0 Å². The second kappa shape index (κ2) is 2.17. The molecular formula is C8H5ClO2. The van der Waals surface area contributed by atoms with Gasteiger partial charge in [0.25, 0.3) is 0 Å². The minimum atomic E-state index is 0.154. The van der Waals surface area contributed by atoms with Crippen LogP contribution >= 0.6 is 11.6 Å². The molecule has 56 valence electrons. The fourth-order valence-corrected chi connectivity index (χ4v) is 1.27. The van der Waals surface area contributed by atoms with Crippen molar-refractivity contribution >= 4 is 22.6 Å². The van der Waals surface area contributed by atoms with E-state index in [0.717, 1.165) is 0 Å². The topological polar surface area (TPSA) is 33.4 Å². The number of phenolic OH excluding ortho intramolecular Hbond substituents is 1. The molecule has 0 aliphatic carbocycles. The number of fused-ring (bicyclic) bond motifs is 1. The van der Waals surface area contributed by atoms with Gasteiger partial charge in [0.2, 0.25) is 0 Å². The predicted molar refractivity (Wildman–Crippen MR) is 42.9 cm³/mol. The van der Waals surface area contributed by atoms with Gasteiger partial charge in [-0.2, -0.15) is 0 Å². The SMILES string of the molecule is Oc1cccc2occ(Cl)c12. The summed E-state index contributed by atoms with van der Waals surface area (Å²) in [5.74, 6) is 0.154. The van der Waals surface area contributed by atoms with Crippen LogP contribution in [0.4, 0.5) is 0 Å². The lowest BCUT2D eigenvalue weighted by Crippen LogP contribution is -1.65. The molecule has 0 unspecified atom stereocenters. The van der Waals surface area contributed by atoms with Crippen LogP contribution in [0.25, 0.3) is 11.0 Å². The number of furan rings is 1. The first-order valence-corrected chi connectivity index (χ1v) is 3.51. The van der Waals surface area contributed by atoms with E-state index >= 15 is 0 Å². The molecule has 0 fully saturated rings. The standard InChI is InChI=1S/C8H5ClO2/c9-5-4-11-7-3-1-2-6(10)8(5)7/h1-4,10H. The molecule has 2 aromatic rings. The van der Waals surface area contributed by atoms with Gasteiger partial charge in [-0.05, 0) is 12.1 Å². The van der Waals surface area contributed by atoms with E-state index in [-0.39, 0.29) is 5.75 Å². The summed E-state index contributed by atoms with van der Waals surface area (Å²) in [6.07, 6.45) is 1.41. The van der Waals surface area contributed by atoms with E-state index in [1.165, 1.54) is 6.26 Å². The summed E-state index contributed by atoms with van der Waals surface area (Å²) in [5.41, 5.74) is 0.606. The molecule has 0 atom stereocenters. The Morgan fingerprint density at radius 3 is 2.91 bits per heavy atom. The summed E-state index contributed by atoms with van der Waals surface area (Å²) in [6, 6.07) is 5.03. The van der Waals surface area contributed by atoms with Gasteiger partial charge in [0, 0.05) is 0 Å². The van der Waals surface area contributed by atoms with Crippen molar-refractivity contribution < 1.29 is 9.52 Å². The Morgan fingerprint density at radius 1 is 1.36 bits per heavy atom. The van der Waals surface area contributed by atoms with Crippen molar-refractivity contribution in [3.63, 3.8) is 0 Å². The van der Waals surface area contributed by atoms with Gasteiger partial charge in [0.1, 0.15) is 17.6 Å². The molecule has 0 aliphatic heterocycles. The number of hydrogen-bond acceptors (Lipinski definition) is 2. The number of aromatic hydroxyl groups is 1. The molecule has 3 heteroatoms. The lowest BCUT2D eigenvalue weighted by atomic mass is 10.2. The van der Waals surface area contributed by atoms with E-state index in [2.05, 4.69) is 0 Å². The molecule has 0 aliphatic rings. The molecule has 1 heterocycles. The van der Waals surface area contributed by atoms with E-state index in [0.29, 0.717) is 16.0 Å². The van der Waals surface area contributed by atoms with Gasteiger partial charge in [-0.1, -0.05) is 17.7 Å². The summed E-state index contributed by atoms with van der Waals surface area (Å²) in [4.78, 5) is 0. The monoisotopic (exact) mass is 168 g/mol. The molecule has 0 saturated heterocycles. The zero-order chi connectivity index (χ0) is 7.84. The van der Waals surface area contributed by atoms with E-state index in [1.54, 1.807) is 18.2 Å². The lowest BCUT2D eigenvalue weighted by molar-refractivity contribution is 0.481. The maximum Gasteiger partial charge on any atom is 0.139 e. The highest BCUT2D eigenvalue weighted by Crippen LogP contribution is 2.32. The number of halogens is 1. The molecule has 2 rings (SSSR count). The quantitative estimate of drug-likeness (QED) is 0.656. The van der Waals surface area contributed by atoms with Gasteiger partial charge in [-0.25, -0.2) is 0 Å². The fourth-order valence-electron chi connectivity index (χ4n) is 1.03. The third-order valence-corrected chi connectivity index (χ3v) is 1.81. The van der Waals surface area contributed by atoms with Gasteiger partial charge in [0.15, 0.2) is 0 Å². The summed E-state index contributed by atoms with van der Waals surface area (Å²) in [6.45, 7) is 0. The van der Waals surface area contributed by atoms with E-state index in [4.69, 9.17) is 16.0 Å². The lowest BCUT2D eigenvalue weighted by Gasteiger charge is -1.91. The predicted octanol–water partition coefficient (Wildman–Crippen LogP) is 2.79.